The smallest absolute Gasteiger partial charge is 0.131 e. The van der Waals surface area contributed by atoms with Gasteiger partial charge in [0.2, 0.25) is 0 Å². The van der Waals surface area contributed by atoms with Gasteiger partial charge in [0.05, 0.1) is 6.61 Å². The molecule has 4 heteroatoms. The van der Waals surface area contributed by atoms with Crippen molar-refractivity contribution in [1.82, 2.24) is 4.98 Å². The molecular formula is C14H25N3O. The Labute approximate surface area is 110 Å². The molecule has 0 saturated carbocycles. The second-order valence-electron chi connectivity index (χ2n) is 4.08. The summed E-state index contributed by atoms with van der Waals surface area (Å²) in [5.74, 6) is 1.96. The summed E-state index contributed by atoms with van der Waals surface area (Å²) in [4.78, 5) is 6.85. The number of likely N-dealkylation sites (N-methyl/N-ethyl adjacent to an activating group) is 1. The third kappa shape index (κ3) is 4.92. The van der Waals surface area contributed by atoms with Crippen LogP contribution < -0.4 is 10.2 Å². The summed E-state index contributed by atoms with van der Waals surface area (Å²) in [6.45, 7) is 10.6. The lowest BCUT2D eigenvalue weighted by molar-refractivity contribution is 0.154. The van der Waals surface area contributed by atoms with Gasteiger partial charge in [-0.25, -0.2) is 4.98 Å². The molecule has 0 bridgehead atoms. The molecular weight excluding hydrogens is 226 g/mol. The number of ether oxygens (including phenoxy) is 1. The minimum absolute atomic E-state index is 0.749. The van der Waals surface area contributed by atoms with Crippen molar-refractivity contribution in [3.63, 3.8) is 0 Å². The summed E-state index contributed by atoms with van der Waals surface area (Å²) in [6, 6.07) is 6.10. The van der Waals surface area contributed by atoms with Crippen LogP contribution in [0.25, 0.3) is 0 Å². The molecule has 1 rings (SSSR count). The molecule has 0 amide bonds. The Kier molecular flexibility index (Phi) is 7.18. The van der Waals surface area contributed by atoms with Crippen LogP contribution >= 0.6 is 0 Å². The van der Waals surface area contributed by atoms with Crippen LogP contribution in [-0.4, -0.2) is 37.8 Å². The first-order valence-corrected chi connectivity index (χ1v) is 6.85. The molecule has 102 valence electrons. The molecule has 1 N–H and O–H groups in total. The average Bonchev–Trinajstić information content (AvgIpc) is 2.42. The Hall–Kier alpha value is -1.29. The molecule has 0 aliphatic carbocycles. The first-order valence-electron chi connectivity index (χ1n) is 6.85. The van der Waals surface area contributed by atoms with E-state index >= 15 is 0 Å². The molecule has 1 heterocycles. The van der Waals surface area contributed by atoms with Crippen molar-refractivity contribution in [1.29, 1.82) is 0 Å². The molecule has 0 atom stereocenters. The standard InChI is InChI=1S/C14H25N3O/c1-4-10-15-13-8-7-9-14(16-13)17(5-2)11-12-18-6-3/h7-9H,4-6,10-12H2,1-3H3,(H,15,16). The van der Waals surface area contributed by atoms with Gasteiger partial charge in [-0.3, -0.25) is 0 Å². The molecule has 0 saturated heterocycles. The van der Waals surface area contributed by atoms with E-state index in [2.05, 4.69) is 29.0 Å². The normalized spacial score (nSPS) is 10.4. The first kappa shape index (κ1) is 14.8. The van der Waals surface area contributed by atoms with Crippen LogP contribution in [0.2, 0.25) is 0 Å². The SMILES string of the molecule is CCCNc1cccc(N(CC)CCOCC)n1. The summed E-state index contributed by atoms with van der Waals surface area (Å²) < 4.78 is 5.40. The highest BCUT2D eigenvalue weighted by atomic mass is 16.5. The van der Waals surface area contributed by atoms with Gasteiger partial charge in [-0.15, -0.1) is 0 Å². The van der Waals surface area contributed by atoms with E-state index in [-0.39, 0.29) is 0 Å². The van der Waals surface area contributed by atoms with Crippen LogP contribution in [0.4, 0.5) is 11.6 Å². The second kappa shape index (κ2) is 8.75. The fourth-order valence-electron chi connectivity index (χ4n) is 1.70. The quantitative estimate of drug-likeness (QED) is 0.685. The average molecular weight is 251 g/mol. The highest BCUT2D eigenvalue weighted by molar-refractivity contribution is 5.46. The number of rotatable bonds is 9. The molecule has 1 aromatic heterocycles. The lowest BCUT2D eigenvalue weighted by atomic mass is 10.3. The summed E-state index contributed by atoms with van der Waals surface area (Å²) in [7, 11) is 0. The number of pyridine rings is 1. The van der Waals surface area contributed by atoms with Gasteiger partial charge in [0.25, 0.3) is 0 Å². The lowest BCUT2D eigenvalue weighted by Gasteiger charge is -2.22. The monoisotopic (exact) mass is 251 g/mol. The molecule has 0 aromatic carbocycles. The molecule has 4 nitrogen and oxygen atoms in total. The van der Waals surface area contributed by atoms with Crippen molar-refractivity contribution >= 4 is 11.6 Å². The maximum Gasteiger partial charge on any atom is 0.131 e. The van der Waals surface area contributed by atoms with Gasteiger partial charge in [-0.2, -0.15) is 0 Å². The summed E-state index contributed by atoms with van der Waals surface area (Å²) in [6.07, 6.45) is 1.10. The lowest BCUT2D eigenvalue weighted by Crippen LogP contribution is -2.28. The Bertz CT molecular complexity index is 331. The maximum absolute atomic E-state index is 5.40. The van der Waals surface area contributed by atoms with Gasteiger partial charge in [0, 0.05) is 26.2 Å². The highest BCUT2D eigenvalue weighted by Gasteiger charge is 2.06. The molecule has 18 heavy (non-hydrogen) atoms. The van der Waals surface area contributed by atoms with Crippen molar-refractivity contribution in [3.05, 3.63) is 18.2 Å². The molecule has 0 spiro atoms. The van der Waals surface area contributed by atoms with E-state index in [1.165, 1.54) is 0 Å². The largest absolute Gasteiger partial charge is 0.380 e. The number of hydrogen-bond donors (Lipinski definition) is 1. The van der Waals surface area contributed by atoms with E-state index in [4.69, 9.17) is 4.74 Å². The van der Waals surface area contributed by atoms with E-state index in [9.17, 15) is 0 Å². The topological polar surface area (TPSA) is 37.4 Å². The number of aromatic nitrogens is 1. The van der Waals surface area contributed by atoms with Crippen molar-refractivity contribution in [3.8, 4) is 0 Å². The third-order valence-electron chi connectivity index (χ3n) is 2.71. The molecule has 0 radical (unpaired) electrons. The number of nitrogens with zero attached hydrogens (tertiary/aromatic N) is 2. The minimum atomic E-state index is 0.749. The van der Waals surface area contributed by atoms with Crippen LogP contribution in [0, 0.1) is 0 Å². The zero-order valence-corrected chi connectivity index (χ0v) is 11.8. The zero-order chi connectivity index (χ0) is 13.2. The summed E-state index contributed by atoms with van der Waals surface area (Å²) in [5.41, 5.74) is 0. The van der Waals surface area contributed by atoms with Crippen molar-refractivity contribution in [2.45, 2.75) is 27.2 Å². The van der Waals surface area contributed by atoms with Crippen molar-refractivity contribution in [2.24, 2.45) is 0 Å². The van der Waals surface area contributed by atoms with Crippen LogP contribution in [0.1, 0.15) is 27.2 Å². The fourth-order valence-corrected chi connectivity index (χ4v) is 1.70. The minimum Gasteiger partial charge on any atom is -0.380 e. The predicted octanol–water partition coefficient (Wildman–Crippen LogP) is 2.77. The third-order valence-corrected chi connectivity index (χ3v) is 2.71. The Morgan fingerprint density at radius 2 is 2.11 bits per heavy atom. The van der Waals surface area contributed by atoms with Gasteiger partial charge in [0.1, 0.15) is 11.6 Å². The molecule has 0 aliphatic rings. The maximum atomic E-state index is 5.40. The van der Waals surface area contributed by atoms with E-state index in [0.29, 0.717) is 0 Å². The Morgan fingerprint density at radius 1 is 1.28 bits per heavy atom. The molecule has 0 unspecified atom stereocenters. The van der Waals surface area contributed by atoms with Crippen molar-refractivity contribution < 1.29 is 4.74 Å². The number of hydrogen-bond acceptors (Lipinski definition) is 4. The number of nitrogens with one attached hydrogen (secondary N) is 1. The summed E-state index contributed by atoms with van der Waals surface area (Å²) in [5, 5.41) is 3.31. The Morgan fingerprint density at radius 3 is 2.78 bits per heavy atom. The van der Waals surface area contributed by atoms with Crippen molar-refractivity contribution in [2.75, 3.05) is 43.1 Å². The van der Waals surface area contributed by atoms with Gasteiger partial charge >= 0.3 is 0 Å². The first-order chi connectivity index (χ1) is 8.81. The van der Waals surface area contributed by atoms with Crippen LogP contribution in [0.15, 0.2) is 18.2 Å². The number of anilines is 2. The van der Waals surface area contributed by atoms with Crippen LogP contribution in [0.3, 0.4) is 0 Å². The van der Waals surface area contributed by atoms with Gasteiger partial charge in [-0.1, -0.05) is 13.0 Å². The zero-order valence-electron chi connectivity index (χ0n) is 11.8. The molecule has 1 aromatic rings. The molecule has 0 fully saturated rings. The van der Waals surface area contributed by atoms with Crippen LogP contribution in [0.5, 0.6) is 0 Å². The van der Waals surface area contributed by atoms with Crippen LogP contribution in [-0.2, 0) is 4.74 Å². The fraction of sp³-hybridized carbons (Fsp3) is 0.643. The van der Waals surface area contributed by atoms with E-state index in [1.807, 2.05) is 25.1 Å². The molecule has 0 aliphatic heterocycles. The van der Waals surface area contributed by atoms with Gasteiger partial charge in [-0.05, 0) is 32.4 Å². The highest BCUT2D eigenvalue weighted by Crippen LogP contribution is 2.13. The Balaban J connectivity index is 2.60. The summed E-state index contributed by atoms with van der Waals surface area (Å²) >= 11 is 0. The predicted molar refractivity (Wildman–Crippen MR) is 77.4 cm³/mol. The van der Waals surface area contributed by atoms with E-state index in [1.54, 1.807) is 0 Å². The van der Waals surface area contributed by atoms with Gasteiger partial charge < -0.3 is 15.0 Å². The van der Waals surface area contributed by atoms with E-state index in [0.717, 1.165) is 50.9 Å². The van der Waals surface area contributed by atoms with Gasteiger partial charge in [0.15, 0.2) is 0 Å². The van der Waals surface area contributed by atoms with E-state index < -0.39 is 0 Å². The second-order valence-corrected chi connectivity index (χ2v) is 4.08.